The van der Waals surface area contributed by atoms with Crippen molar-refractivity contribution < 1.29 is 18.3 Å². The molecular formula is C5H12ClF3OSi. The number of halogens is 4. The van der Waals surface area contributed by atoms with Crippen LogP contribution in [0.25, 0.3) is 0 Å². The van der Waals surface area contributed by atoms with Crippen LogP contribution in [0.15, 0.2) is 0 Å². The summed E-state index contributed by atoms with van der Waals surface area (Å²) in [4.78, 5) is 0. The molecule has 0 aliphatic carbocycles. The third-order valence-electron chi connectivity index (χ3n) is 0.179. The van der Waals surface area contributed by atoms with Crippen LogP contribution >= 0.6 is 11.1 Å². The van der Waals surface area contributed by atoms with Crippen LogP contribution in [0.5, 0.6) is 0 Å². The second-order valence-corrected chi connectivity index (χ2v) is 10.4. The maximum Gasteiger partial charge on any atom is 0.411 e. The Morgan fingerprint density at radius 3 is 1.36 bits per heavy atom. The maximum atomic E-state index is 10.5. The van der Waals surface area contributed by atoms with E-state index in [1.807, 2.05) is 0 Å². The quantitative estimate of drug-likeness (QED) is 0.479. The lowest BCUT2D eigenvalue weighted by molar-refractivity contribution is -0.159. The van der Waals surface area contributed by atoms with Crippen molar-refractivity contribution in [1.82, 2.24) is 0 Å². The highest BCUT2D eigenvalue weighted by Crippen LogP contribution is 2.11. The van der Waals surface area contributed by atoms with Gasteiger partial charge in [-0.05, 0) is 0 Å². The molecule has 0 saturated carbocycles. The fourth-order valence-corrected chi connectivity index (χ4v) is 0. The second kappa shape index (κ2) is 5.00. The standard InChI is InChI=1S/C3H9ClSi.C2H3F3O/c1-5(2,3)4;3-2(4,5)1-6/h1-3H3;6H,1H2. The van der Waals surface area contributed by atoms with Crippen molar-refractivity contribution >= 4 is 18.5 Å². The molecular weight excluding hydrogens is 197 g/mol. The topological polar surface area (TPSA) is 20.2 Å². The molecule has 0 heterocycles. The highest BCUT2D eigenvalue weighted by molar-refractivity contribution is 7.18. The lowest BCUT2D eigenvalue weighted by Gasteiger charge is -1.97. The smallest absolute Gasteiger partial charge is 0.387 e. The maximum absolute atomic E-state index is 10.5. The van der Waals surface area contributed by atoms with E-state index in [-0.39, 0.29) is 0 Å². The summed E-state index contributed by atoms with van der Waals surface area (Å²) in [6.07, 6.45) is -4.40. The molecule has 0 aliphatic heterocycles. The lowest BCUT2D eigenvalue weighted by atomic mass is 10.7. The summed E-state index contributed by atoms with van der Waals surface area (Å²) in [5.74, 6) is 0. The Labute approximate surface area is 69.9 Å². The van der Waals surface area contributed by atoms with Gasteiger partial charge in [-0.2, -0.15) is 24.3 Å². The second-order valence-electron chi connectivity index (χ2n) is 2.84. The molecule has 0 radical (unpaired) electrons. The van der Waals surface area contributed by atoms with Crippen molar-refractivity contribution in [2.75, 3.05) is 6.61 Å². The van der Waals surface area contributed by atoms with E-state index in [0.29, 0.717) is 0 Å². The molecule has 0 aromatic rings. The Bertz CT molecular complexity index is 92.9. The minimum Gasteiger partial charge on any atom is -0.387 e. The van der Waals surface area contributed by atoms with Crippen LogP contribution in [0.1, 0.15) is 0 Å². The Kier molecular flexibility index (Phi) is 6.28. The van der Waals surface area contributed by atoms with Gasteiger partial charge in [0.15, 0.2) is 0 Å². The third kappa shape index (κ3) is 65.9. The van der Waals surface area contributed by atoms with E-state index in [0.717, 1.165) is 0 Å². The molecule has 6 heteroatoms. The van der Waals surface area contributed by atoms with E-state index in [2.05, 4.69) is 19.6 Å². The van der Waals surface area contributed by atoms with Gasteiger partial charge >= 0.3 is 6.18 Å². The molecule has 0 aliphatic rings. The Hall–Kier alpha value is 0.257. The van der Waals surface area contributed by atoms with Crippen molar-refractivity contribution in [2.45, 2.75) is 25.8 Å². The molecule has 1 N–H and O–H groups in total. The van der Waals surface area contributed by atoms with Crippen molar-refractivity contribution in [3.05, 3.63) is 0 Å². The van der Waals surface area contributed by atoms with Crippen molar-refractivity contribution in [2.24, 2.45) is 0 Å². The predicted molar refractivity (Wildman–Crippen MR) is 42.3 cm³/mol. The van der Waals surface area contributed by atoms with Crippen molar-refractivity contribution in [1.29, 1.82) is 0 Å². The van der Waals surface area contributed by atoms with Crippen LogP contribution in [0.4, 0.5) is 13.2 Å². The molecule has 0 rings (SSSR count). The first kappa shape index (κ1) is 13.8. The molecule has 0 saturated heterocycles. The van der Waals surface area contributed by atoms with Gasteiger partial charge in [0.05, 0.1) is 0 Å². The molecule has 1 nitrogen and oxygen atoms in total. The van der Waals surface area contributed by atoms with E-state index in [1.54, 1.807) is 0 Å². The summed E-state index contributed by atoms with van der Waals surface area (Å²) in [5, 5.41) is 7.28. The zero-order valence-electron chi connectivity index (χ0n) is 6.67. The molecule has 0 amide bonds. The first-order valence-corrected chi connectivity index (χ1v) is 7.44. The molecule has 0 bridgehead atoms. The molecule has 0 aromatic heterocycles. The third-order valence-corrected chi connectivity index (χ3v) is 0.179. The number of aliphatic hydroxyl groups excluding tert-OH is 1. The Morgan fingerprint density at radius 2 is 1.36 bits per heavy atom. The summed E-state index contributed by atoms with van der Waals surface area (Å²) >= 11 is 5.67. The van der Waals surface area contributed by atoms with Gasteiger partial charge in [0.1, 0.15) is 14.0 Å². The van der Waals surface area contributed by atoms with Gasteiger partial charge in [-0.3, -0.25) is 0 Å². The predicted octanol–water partition coefficient (Wildman–Crippen LogP) is 2.60. The number of aliphatic hydroxyl groups is 1. The molecule has 11 heavy (non-hydrogen) atoms. The van der Waals surface area contributed by atoms with Gasteiger partial charge < -0.3 is 5.11 Å². The van der Waals surface area contributed by atoms with Crippen LogP contribution in [0.2, 0.25) is 19.6 Å². The summed E-state index contributed by atoms with van der Waals surface area (Å²) in [6.45, 7) is 4.55. The summed E-state index contributed by atoms with van der Waals surface area (Å²) in [6, 6.07) is 0. The van der Waals surface area contributed by atoms with Gasteiger partial charge in [-0.15, -0.1) is 0 Å². The van der Waals surface area contributed by atoms with Crippen molar-refractivity contribution in [3.8, 4) is 0 Å². The number of alkyl halides is 3. The Morgan fingerprint density at radius 1 is 1.27 bits per heavy atom. The minimum atomic E-state index is -4.40. The Balaban J connectivity index is 0. The van der Waals surface area contributed by atoms with Crippen LogP contribution in [0.3, 0.4) is 0 Å². The van der Waals surface area contributed by atoms with Crippen LogP contribution in [-0.2, 0) is 0 Å². The number of hydrogen-bond donors (Lipinski definition) is 1. The summed E-state index contributed by atoms with van der Waals surface area (Å²) in [7, 11) is -1.14. The SMILES string of the molecule is C[Si](C)(C)Cl.OCC(F)(F)F. The molecule has 0 atom stereocenters. The van der Waals surface area contributed by atoms with Gasteiger partial charge in [0.25, 0.3) is 0 Å². The van der Waals surface area contributed by atoms with E-state index < -0.39 is 20.2 Å². The molecule has 70 valence electrons. The van der Waals surface area contributed by atoms with E-state index in [9.17, 15) is 13.2 Å². The van der Waals surface area contributed by atoms with Gasteiger partial charge in [0.2, 0.25) is 0 Å². The van der Waals surface area contributed by atoms with Gasteiger partial charge in [-0.1, -0.05) is 19.6 Å². The van der Waals surface area contributed by atoms with Crippen molar-refractivity contribution in [3.63, 3.8) is 0 Å². The molecule has 0 unspecified atom stereocenters. The first-order valence-electron chi connectivity index (χ1n) is 2.93. The summed E-state index contributed by atoms with van der Waals surface area (Å²) in [5.41, 5.74) is 0. The number of rotatable bonds is 0. The van der Waals surface area contributed by atoms with Gasteiger partial charge in [-0.25, -0.2) is 0 Å². The average molecular weight is 209 g/mol. The summed E-state index contributed by atoms with van der Waals surface area (Å²) < 4.78 is 31.6. The fraction of sp³-hybridized carbons (Fsp3) is 1.00. The van der Waals surface area contributed by atoms with E-state index in [4.69, 9.17) is 16.2 Å². The lowest BCUT2D eigenvalue weighted by Crippen LogP contribution is -2.12. The van der Waals surface area contributed by atoms with Crippen LogP contribution in [-0.4, -0.2) is 25.3 Å². The highest BCUT2D eigenvalue weighted by Gasteiger charge is 2.24. The average Bonchev–Trinajstić information content (AvgIpc) is 1.59. The fourth-order valence-electron chi connectivity index (χ4n) is 0. The first-order chi connectivity index (χ1) is 4.56. The largest absolute Gasteiger partial charge is 0.411 e. The molecule has 0 spiro atoms. The molecule has 0 fully saturated rings. The zero-order chi connectivity index (χ0) is 9.71. The van der Waals surface area contributed by atoms with E-state index in [1.165, 1.54) is 0 Å². The highest BCUT2D eigenvalue weighted by atomic mass is 35.6. The normalized spacial score (nSPS) is 12.0. The monoisotopic (exact) mass is 208 g/mol. The number of hydrogen-bond acceptors (Lipinski definition) is 1. The van der Waals surface area contributed by atoms with Crippen LogP contribution in [0, 0.1) is 0 Å². The van der Waals surface area contributed by atoms with E-state index >= 15 is 0 Å². The van der Waals surface area contributed by atoms with Crippen LogP contribution < -0.4 is 0 Å². The zero-order valence-corrected chi connectivity index (χ0v) is 8.42. The van der Waals surface area contributed by atoms with Gasteiger partial charge in [0, 0.05) is 0 Å². The minimum absolute atomic E-state index is 1.14. The molecule has 0 aromatic carbocycles.